The van der Waals surface area contributed by atoms with E-state index in [1.807, 2.05) is 19.1 Å². The molecule has 0 aliphatic carbocycles. The van der Waals surface area contributed by atoms with Gasteiger partial charge in [0.05, 0.1) is 17.9 Å². The fraction of sp³-hybridized carbons (Fsp3) is 0.389. The number of aryl methyl sites for hydroxylation is 1. The van der Waals surface area contributed by atoms with E-state index in [4.69, 9.17) is 15.2 Å². The molecule has 1 unspecified atom stereocenters. The molecule has 25 heavy (non-hydrogen) atoms. The first-order chi connectivity index (χ1) is 11.9. The molecule has 2 N–H and O–H groups in total. The number of benzene rings is 1. The van der Waals surface area contributed by atoms with E-state index in [1.165, 1.54) is 18.7 Å². The number of thioether (sulfide) groups is 1. The van der Waals surface area contributed by atoms with Crippen molar-refractivity contribution in [1.29, 1.82) is 0 Å². The summed E-state index contributed by atoms with van der Waals surface area (Å²) in [6.45, 7) is 7.13. The standard InChI is InChI=1S/C18H22N2O4S/c1-5-12-9-13(7-8-14(12)24-11(4)21)16-15(17(22)23-6-2)10(3)20-18(19)25-16/h7-9,18H,5-6,19H2,1-4H3. The number of rotatable bonds is 5. The molecule has 0 bridgehead atoms. The van der Waals surface area contributed by atoms with Crippen molar-refractivity contribution in [2.45, 2.75) is 39.6 Å². The fourth-order valence-corrected chi connectivity index (χ4v) is 3.60. The number of carbonyl (C=O) groups excluding carboxylic acids is 2. The van der Waals surface area contributed by atoms with Gasteiger partial charge in [-0.2, -0.15) is 0 Å². The van der Waals surface area contributed by atoms with Gasteiger partial charge in [0.1, 0.15) is 11.2 Å². The highest BCUT2D eigenvalue weighted by atomic mass is 32.2. The maximum absolute atomic E-state index is 12.4. The summed E-state index contributed by atoms with van der Waals surface area (Å²) < 4.78 is 10.4. The first kappa shape index (κ1) is 19.2. The van der Waals surface area contributed by atoms with Crippen LogP contribution in [-0.4, -0.2) is 29.8 Å². The fourth-order valence-electron chi connectivity index (χ4n) is 2.53. The summed E-state index contributed by atoms with van der Waals surface area (Å²) in [7, 11) is 0. The Balaban J connectivity index is 2.55. The SMILES string of the molecule is CCOC(=O)C1=C(c2ccc(OC(C)=O)c(CC)c2)SC(N)N=C1C. The van der Waals surface area contributed by atoms with Crippen molar-refractivity contribution >= 4 is 34.3 Å². The van der Waals surface area contributed by atoms with Crippen LogP contribution in [0.15, 0.2) is 28.8 Å². The first-order valence-electron chi connectivity index (χ1n) is 8.07. The van der Waals surface area contributed by atoms with E-state index < -0.39 is 11.5 Å². The third-order valence-electron chi connectivity index (χ3n) is 3.59. The van der Waals surface area contributed by atoms with Crippen molar-refractivity contribution in [2.24, 2.45) is 10.7 Å². The Bertz CT molecular complexity index is 755. The van der Waals surface area contributed by atoms with E-state index in [0.717, 1.165) is 16.0 Å². The molecule has 134 valence electrons. The molecule has 1 aliphatic heterocycles. The summed E-state index contributed by atoms with van der Waals surface area (Å²) in [6, 6.07) is 5.45. The number of hydrogen-bond acceptors (Lipinski definition) is 7. The molecule has 1 aromatic carbocycles. The van der Waals surface area contributed by atoms with Crippen LogP contribution < -0.4 is 10.5 Å². The zero-order valence-corrected chi connectivity index (χ0v) is 15.6. The topological polar surface area (TPSA) is 91.0 Å². The van der Waals surface area contributed by atoms with Crippen LogP contribution >= 0.6 is 11.8 Å². The smallest absolute Gasteiger partial charge is 0.341 e. The van der Waals surface area contributed by atoms with Gasteiger partial charge in [-0.3, -0.25) is 9.79 Å². The zero-order valence-electron chi connectivity index (χ0n) is 14.8. The molecule has 0 fully saturated rings. The third kappa shape index (κ3) is 4.49. The van der Waals surface area contributed by atoms with E-state index >= 15 is 0 Å². The van der Waals surface area contributed by atoms with Gasteiger partial charge in [-0.15, -0.1) is 0 Å². The predicted octanol–water partition coefficient (Wildman–Crippen LogP) is 2.90. The Kier molecular flexibility index (Phi) is 6.39. The zero-order chi connectivity index (χ0) is 18.6. The number of carbonyl (C=O) groups is 2. The number of nitrogens with two attached hydrogens (primary N) is 1. The highest BCUT2D eigenvalue weighted by molar-refractivity contribution is 8.09. The Morgan fingerprint density at radius 1 is 1.32 bits per heavy atom. The van der Waals surface area contributed by atoms with Gasteiger partial charge in [0.2, 0.25) is 0 Å². The Morgan fingerprint density at radius 3 is 2.64 bits per heavy atom. The molecular weight excluding hydrogens is 340 g/mol. The lowest BCUT2D eigenvalue weighted by Crippen LogP contribution is -2.24. The molecule has 0 saturated carbocycles. The summed E-state index contributed by atoms with van der Waals surface area (Å²) in [5.41, 5.74) is 8.18. The monoisotopic (exact) mass is 362 g/mol. The summed E-state index contributed by atoms with van der Waals surface area (Å²) in [4.78, 5) is 28.6. The predicted molar refractivity (Wildman–Crippen MR) is 99.4 cm³/mol. The van der Waals surface area contributed by atoms with Crippen LogP contribution in [0.25, 0.3) is 4.91 Å². The second kappa shape index (κ2) is 8.31. The van der Waals surface area contributed by atoms with Crippen LogP contribution in [0, 0.1) is 0 Å². The van der Waals surface area contributed by atoms with Gasteiger partial charge in [-0.05, 0) is 43.5 Å². The van der Waals surface area contributed by atoms with Gasteiger partial charge in [0.25, 0.3) is 0 Å². The lowest BCUT2D eigenvalue weighted by Gasteiger charge is -2.22. The van der Waals surface area contributed by atoms with Crippen molar-refractivity contribution in [2.75, 3.05) is 6.61 Å². The number of hydrogen-bond donors (Lipinski definition) is 1. The van der Waals surface area contributed by atoms with Gasteiger partial charge in [0.15, 0.2) is 0 Å². The molecule has 2 rings (SSSR count). The van der Waals surface area contributed by atoms with Crippen LogP contribution in [0.4, 0.5) is 0 Å². The van der Waals surface area contributed by atoms with Crippen LogP contribution in [0.3, 0.4) is 0 Å². The Hall–Kier alpha value is -2.12. The molecule has 0 aromatic heterocycles. The van der Waals surface area contributed by atoms with E-state index in [2.05, 4.69) is 4.99 Å². The number of ether oxygens (including phenoxy) is 2. The quantitative estimate of drug-likeness (QED) is 0.640. The second-order valence-corrected chi connectivity index (χ2v) is 6.54. The van der Waals surface area contributed by atoms with Crippen molar-refractivity contribution < 1.29 is 19.1 Å². The summed E-state index contributed by atoms with van der Waals surface area (Å²) in [5, 5.41) is 0. The maximum atomic E-state index is 12.4. The van der Waals surface area contributed by atoms with Crippen LogP contribution in [0.5, 0.6) is 5.75 Å². The lowest BCUT2D eigenvalue weighted by molar-refractivity contribution is -0.137. The van der Waals surface area contributed by atoms with Crippen LogP contribution in [0.2, 0.25) is 0 Å². The highest BCUT2D eigenvalue weighted by Crippen LogP contribution is 2.39. The van der Waals surface area contributed by atoms with E-state index in [-0.39, 0.29) is 12.6 Å². The molecule has 1 aliphatic rings. The molecule has 0 radical (unpaired) electrons. The molecule has 7 heteroatoms. The third-order valence-corrected chi connectivity index (χ3v) is 4.61. The van der Waals surface area contributed by atoms with Crippen molar-refractivity contribution in [3.63, 3.8) is 0 Å². The van der Waals surface area contributed by atoms with Gasteiger partial charge in [0, 0.05) is 11.8 Å². The largest absolute Gasteiger partial charge is 0.462 e. The van der Waals surface area contributed by atoms with Crippen molar-refractivity contribution in [3.05, 3.63) is 34.9 Å². The van der Waals surface area contributed by atoms with Gasteiger partial charge in [-0.1, -0.05) is 24.8 Å². The van der Waals surface area contributed by atoms with E-state index in [0.29, 0.717) is 23.5 Å². The highest BCUT2D eigenvalue weighted by Gasteiger charge is 2.27. The summed E-state index contributed by atoms with van der Waals surface area (Å²) >= 11 is 1.31. The minimum atomic E-state index is -0.480. The lowest BCUT2D eigenvalue weighted by atomic mass is 10.0. The summed E-state index contributed by atoms with van der Waals surface area (Å²) in [6.07, 6.45) is 0.683. The van der Waals surface area contributed by atoms with Crippen LogP contribution in [-0.2, 0) is 20.7 Å². The molecule has 0 amide bonds. The average Bonchev–Trinajstić information content (AvgIpc) is 2.54. The first-order valence-corrected chi connectivity index (χ1v) is 8.95. The molecule has 1 atom stereocenters. The molecule has 0 saturated heterocycles. The normalized spacial score (nSPS) is 17.2. The van der Waals surface area contributed by atoms with E-state index in [1.54, 1.807) is 19.9 Å². The van der Waals surface area contributed by atoms with Gasteiger partial charge in [-0.25, -0.2) is 4.79 Å². The van der Waals surface area contributed by atoms with Gasteiger partial charge >= 0.3 is 11.9 Å². The summed E-state index contributed by atoms with van der Waals surface area (Å²) in [5.74, 6) is -0.265. The van der Waals surface area contributed by atoms with Crippen molar-refractivity contribution in [3.8, 4) is 5.75 Å². The Labute approximate surface area is 151 Å². The average molecular weight is 362 g/mol. The number of aliphatic imine (C=N–C) groups is 1. The Morgan fingerprint density at radius 2 is 2.04 bits per heavy atom. The minimum absolute atomic E-state index is 0.283. The van der Waals surface area contributed by atoms with Crippen LogP contribution in [0.1, 0.15) is 38.8 Å². The number of esters is 2. The van der Waals surface area contributed by atoms with E-state index in [9.17, 15) is 9.59 Å². The second-order valence-electron chi connectivity index (χ2n) is 5.42. The van der Waals surface area contributed by atoms with Crippen molar-refractivity contribution in [1.82, 2.24) is 0 Å². The molecule has 6 nitrogen and oxygen atoms in total. The maximum Gasteiger partial charge on any atom is 0.341 e. The molecule has 1 aromatic rings. The van der Waals surface area contributed by atoms with Gasteiger partial charge < -0.3 is 15.2 Å². The molecule has 0 spiro atoms. The molecular formula is C18H22N2O4S. The number of nitrogens with zero attached hydrogens (tertiary/aromatic N) is 1. The minimum Gasteiger partial charge on any atom is -0.462 e. The molecule has 1 heterocycles.